The predicted molar refractivity (Wildman–Crippen MR) is 77.7 cm³/mol. The van der Waals surface area contributed by atoms with Gasteiger partial charge in [0.15, 0.2) is 0 Å². The highest BCUT2D eigenvalue weighted by Gasteiger charge is 2.22. The summed E-state index contributed by atoms with van der Waals surface area (Å²) in [7, 11) is 0. The summed E-state index contributed by atoms with van der Waals surface area (Å²) in [6.07, 6.45) is 0. The maximum absolute atomic E-state index is 12.2. The van der Waals surface area contributed by atoms with Crippen molar-refractivity contribution >= 4 is 28.9 Å². The first-order valence-corrected chi connectivity index (χ1v) is 6.45. The van der Waals surface area contributed by atoms with Crippen molar-refractivity contribution in [2.24, 2.45) is 0 Å². The second-order valence-corrected chi connectivity index (χ2v) is 5.04. The van der Waals surface area contributed by atoms with Crippen molar-refractivity contribution < 1.29 is 4.92 Å². The van der Waals surface area contributed by atoms with E-state index in [1.807, 2.05) is 0 Å². The highest BCUT2D eigenvalue weighted by atomic mass is 35.5. The molecule has 0 saturated carbocycles. The van der Waals surface area contributed by atoms with Crippen LogP contribution in [0.4, 0.5) is 5.69 Å². The lowest BCUT2D eigenvalue weighted by Crippen LogP contribution is -2.25. The van der Waals surface area contributed by atoms with Gasteiger partial charge in [-0.3, -0.25) is 14.9 Å². The Morgan fingerprint density at radius 3 is 2.50 bits per heavy atom. The number of halogens is 2. The minimum atomic E-state index is -0.771. The molecule has 0 saturated heterocycles. The number of nitrogens with zero attached hydrogens (tertiary/aromatic N) is 2. The summed E-state index contributed by atoms with van der Waals surface area (Å²) in [6.45, 7) is 1.82. The van der Waals surface area contributed by atoms with Gasteiger partial charge in [-0.05, 0) is 24.6 Å². The Kier molecular flexibility index (Phi) is 4.11. The molecule has 0 bridgehead atoms. The van der Waals surface area contributed by atoms with Gasteiger partial charge < -0.3 is 4.57 Å². The fourth-order valence-corrected chi connectivity index (χ4v) is 2.38. The van der Waals surface area contributed by atoms with Gasteiger partial charge in [0, 0.05) is 10.7 Å². The van der Waals surface area contributed by atoms with Crippen LogP contribution in [0.15, 0.2) is 35.1 Å². The van der Waals surface area contributed by atoms with E-state index in [0.29, 0.717) is 16.3 Å². The molecule has 0 amide bonds. The molecule has 0 aliphatic heterocycles. The van der Waals surface area contributed by atoms with Crippen molar-refractivity contribution in [3.8, 4) is 0 Å². The molecule has 7 heteroatoms. The van der Waals surface area contributed by atoms with Crippen molar-refractivity contribution in [1.29, 1.82) is 0 Å². The van der Waals surface area contributed by atoms with E-state index in [2.05, 4.69) is 0 Å². The van der Waals surface area contributed by atoms with Crippen LogP contribution < -0.4 is 5.56 Å². The SMILES string of the molecule is Cc1cc(Cl)c([N+](=O)[O-])c(=O)n1Cc1ccccc1Cl. The minimum Gasteiger partial charge on any atom is -0.302 e. The van der Waals surface area contributed by atoms with Crippen LogP contribution in [0.25, 0.3) is 0 Å². The maximum Gasteiger partial charge on any atom is 0.352 e. The molecule has 1 aromatic carbocycles. The molecule has 0 spiro atoms. The van der Waals surface area contributed by atoms with Crippen LogP contribution in [0.5, 0.6) is 0 Å². The van der Waals surface area contributed by atoms with E-state index in [4.69, 9.17) is 23.2 Å². The molecule has 104 valence electrons. The Morgan fingerprint density at radius 1 is 1.25 bits per heavy atom. The van der Waals surface area contributed by atoms with Gasteiger partial charge in [-0.25, -0.2) is 0 Å². The zero-order valence-corrected chi connectivity index (χ0v) is 12.0. The summed E-state index contributed by atoms with van der Waals surface area (Å²) in [4.78, 5) is 22.3. The fraction of sp³-hybridized carbons (Fsp3) is 0.154. The maximum atomic E-state index is 12.2. The van der Waals surface area contributed by atoms with E-state index in [1.54, 1.807) is 31.2 Å². The second-order valence-electron chi connectivity index (χ2n) is 4.22. The van der Waals surface area contributed by atoms with E-state index in [1.165, 1.54) is 10.6 Å². The first kappa shape index (κ1) is 14.6. The summed E-state index contributed by atoms with van der Waals surface area (Å²) in [5.41, 5.74) is -0.120. The molecule has 0 aliphatic rings. The number of rotatable bonds is 3. The third-order valence-corrected chi connectivity index (χ3v) is 3.56. The highest BCUT2D eigenvalue weighted by Crippen LogP contribution is 2.22. The molecule has 1 aromatic heterocycles. The van der Waals surface area contributed by atoms with Crippen LogP contribution in [0.3, 0.4) is 0 Å². The zero-order chi connectivity index (χ0) is 14.9. The normalized spacial score (nSPS) is 10.6. The van der Waals surface area contributed by atoms with E-state index in [0.717, 1.165) is 0 Å². The van der Waals surface area contributed by atoms with Crippen molar-refractivity contribution in [1.82, 2.24) is 4.57 Å². The number of pyridine rings is 1. The number of aryl methyl sites for hydroxylation is 1. The molecule has 20 heavy (non-hydrogen) atoms. The first-order chi connectivity index (χ1) is 9.41. The minimum absolute atomic E-state index is 0.155. The number of hydrogen-bond donors (Lipinski definition) is 0. The molecular formula is C13H10Cl2N2O3. The molecule has 0 fully saturated rings. The van der Waals surface area contributed by atoms with Crippen molar-refractivity contribution in [3.63, 3.8) is 0 Å². The summed E-state index contributed by atoms with van der Waals surface area (Å²) >= 11 is 11.8. The van der Waals surface area contributed by atoms with Gasteiger partial charge >= 0.3 is 11.2 Å². The first-order valence-electron chi connectivity index (χ1n) is 5.69. The van der Waals surface area contributed by atoms with Gasteiger partial charge in [-0.1, -0.05) is 41.4 Å². The van der Waals surface area contributed by atoms with Crippen LogP contribution >= 0.6 is 23.2 Å². The lowest BCUT2D eigenvalue weighted by Gasteiger charge is -2.11. The van der Waals surface area contributed by atoms with Crippen molar-refractivity contribution in [2.75, 3.05) is 0 Å². The van der Waals surface area contributed by atoms with Gasteiger partial charge in [0.25, 0.3) is 0 Å². The molecule has 0 aliphatic carbocycles. The van der Waals surface area contributed by atoms with Crippen LogP contribution in [0.2, 0.25) is 10.0 Å². The average molecular weight is 313 g/mol. The molecule has 1 heterocycles. The van der Waals surface area contributed by atoms with Crippen LogP contribution in [-0.2, 0) is 6.54 Å². The molecule has 5 nitrogen and oxygen atoms in total. The van der Waals surface area contributed by atoms with E-state index in [9.17, 15) is 14.9 Å². The Morgan fingerprint density at radius 2 is 1.90 bits per heavy atom. The lowest BCUT2D eigenvalue weighted by atomic mass is 10.2. The molecular weight excluding hydrogens is 303 g/mol. The Hall–Kier alpha value is -1.85. The summed E-state index contributed by atoms with van der Waals surface area (Å²) in [5.74, 6) is 0. The van der Waals surface area contributed by atoms with Gasteiger partial charge in [0.1, 0.15) is 5.02 Å². The van der Waals surface area contributed by atoms with E-state index >= 15 is 0 Å². The monoisotopic (exact) mass is 312 g/mol. The van der Waals surface area contributed by atoms with Crippen LogP contribution in [-0.4, -0.2) is 9.49 Å². The standard InChI is InChI=1S/C13H10Cl2N2O3/c1-8-6-11(15)12(17(19)20)13(18)16(8)7-9-4-2-3-5-10(9)14/h2-6H,7H2,1H3. The Balaban J connectivity index is 2.58. The Bertz CT molecular complexity index is 741. The van der Waals surface area contributed by atoms with Gasteiger partial charge in [-0.15, -0.1) is 0 Å². The molecule has 0 unspecified atom stereocenters. The van der Waals surface area contributed by atoms with Gasteiger partial charge in [-0.2, -0.15) is 0 Å². The van der Waals surface area contributed by atoms with Gasteiger partial charge in [0.2, 0.25) is 0 Å². The fourth-order valence-electron chi connectivity index (χ4n) is 1.88. The van der Waals surface area contributed by atoms with E-state index in [-0.39, 0.29) is 11.6 Å². The number of benzene rings is 1. The zero-order valence-electron chi connectivity index (χ0n) is 10.5. The molecule has 0 radical (unpaired) electrons. The molecule has 2 aromatic rings. The number of hydrogen-bond acceptors (Lipinski definition) is 3. The summed E-state index contributed by atoms with van der Waals surface area (Å²) < 4.78 is 1.28. The third kappa shape index (κ3) is 2.69. The predicted octanol–water partition coefficient (Wildman–Crippen LogP) is 3.42. The van der Waals surface area contributed by atoms with Crippen LogP contribution in [0.1, 0.15) is 11.3 Å². The van der Waals surface area contributed by atoms with Crippen molar-refractivity contribution in [3.05, 3.63) is 72.1 Å². The quantitative estimate of drug-likeness (QED) is 0.644. The smallest absolute Gasteiger partial charge is 0.302 e. The van der Waals surface area contributed by atoms with Gasteiger partial charge in [0.05, 0.1) is 11.5 Å². The molecule has 2 rings (SSSR count). The number of aromatic nitrogens is 1. The highest BCUT2D eigenvalue weighted by molar-refractivity contribution is 6.32. The Labute approximate surface area is 124 Å². The summed E-state index contributed by atoms with van der Waals surface area (Å²) in [6, 6.07) is 8.41. The molecule has 0 atom stereocenters. The molecule has 0 N–H and O–H groups in total. The average Bonchev–Trinajstić information content (AvgIpc) is 2.35. The largest absolute Gasteiger partial charge is 0.352 e. The van der Waals surface area contributed by atoms with Crippen LogP contribution in [0, 0.1) is 17.0 Å². The van der Waals surface area contributed by atoms with Crippen molar-refractivity contribution in [2.45, 2.75) is 13.5 Å². The number of nitro groups is 1. The lowest BCUT2D eigenvalue weighted by molar-refractivity contribution is -0.386. The van der Waals surface area contributed by atoms with E-state index < -0.39 is 16.2 Å². The topological polar surface area (TPSA) is 65.1 Å². The third-order valence-electron chi connectivity index (χ3n) is 2.90. The second kappa shape index (κ2) is 5.64. The summed E-state index contributed by atoms with van der Waals surface area (Å²) in [5, 5.41) is 11.2.